The lowest BCUT2D eigenvalue weighted by molar-refractivity contribution is -0.134. The van der Waals surface area contributed by atoms with E-state index in [9.17, 15) is 13.2 Å². The van der Waals surface area contributed by atoms with Gasteiger partial charge in [-0.25, -0.2) is 12.7 Å². The van der Waals surface area contributed by atoms with Gasteiger partial charge >= 0.3 is 0 Å². The summed E-state index contributed by atoms with van der Waals surface area (Å²) < 4.78 is 24.2. The Morgan fingerprint density at radius 2 is 1.75 bits per heavy atom. The maximum absolute atomic E-state index is 11.8. The molecule has 94 valence electrons. The Bertz CT molecular complexity index is 351. The molecule has 1 fully saturated rings. The van der Waals surface area contributed by atoms with Crippen molar-refractivity contribution in [2.75, 3.05) is 32.4 Å². The molecule has 1 amide bonds. The van der Waals surface area contributed by atoms with Crippen molar-refractivity contribution in [3.8, 4) is 0 Å². The lowest BCUT2D eigenvalue weighted by atomic mass is 10.2. The van der Waals surface area contributed by atoms with Crippen molar-refractivity contribution in [1.29, 1.82) is 0 Å². The summed E-state index contributed by atoms with van der Waals surface area (Å²) in [6.45, 7) is 5.81. The molecule has 0 unspecified atom stereocenters. The Hall–Kier alpha value is -0.620. The fraction of sp³-hybridized carbons (Fsp3) is 0.900. The average Bonchev–Trinajstić information content (AvgIpc) is 2.40. The Morgan fingerprint density at radius 3 is 2.25 bits per heavy atom. The maximum Gasteiger partial charge on any atom is 0.225 e. The van der Waals surface area contributed by atoms with Gasteiger partial charge in [0.2, 0.25) is 15.9 Å². The number of amides is 1. The predicted octanol–water partition coefficient (Wildman–Crippen LogP) is 0.136. The summed E-state index contributed by atoms with van der Waals surface area (Å²) in [5, 5.41) is 0. The highest BCUT2D eigenvalue weighted by Crippen LogP contribution is 2.09. The van der Waals surface area contributed by atoms with Crippen LogP contribution < -0.4 is 0 Å². The van der Waals surface area contributed by atoms with Gasteiger partial charge in [-0.05, 0) is 6.42 Å². The van der Waals surface area contributed by atoms with Crippen LogP contribution in [0.25, 0.3) is 0 Å². The third kappa shape index (κ3) is 3.45. The molecule has 0 spiro atoms. The fourth-order valence-electron chi connectivity index (χ4n) is 1.81. The topological polar surface area (TPSA) is 57.7 Å². The molecule has 0 N–H and O–H groups in total. The molecule has 0 radical (unpaired) electrons. The van der Waals surface area contributed by atoms with Crippen LogP contribution in [0.15, 0.2) is 0 Å². The lowest BCUT2D eigenvalue weighted by Crippen LogP contribution is -2.38. The summed E-state index contributed by atoms with van der Waals surface area (Å²) in [5.74, 6) is 0.0835. The van der Waals surface area contributed by atoms with Gasteiger partial charge < -0.3 is 4.90 Å². The summed E-state index contributed by atoms with van der Waals surface area (Å²) in [6.07, 6.45) is 1.93. The monoisotopic (exact) mass is 248 g/mol. The van der Waals surface area contributed by atoms with Gasteiger partial charge in [-0.2, -0.15) is 0 Å². The largest absolute Gasteiger partial charge is 0.341 e. The molecule has 0 aromatic rings. The second kappa shape index (κ2) is 5.14. The molecule has 0 aromatic carbocycles. The van der Waals surface area contributed by atoms with Gasteiger partial charge in [0.1, 0.15) is 0 Å². The minimum absolute atomic E-state index is 0.0233. The van der Waals surface area contributed by atoms with E-state index in [1.54, 1.807) is 4.90 Å². The molecule has 16 heavy (non-hydrogen) atoms. The number of nitrogens with zero attached hydrogens (tertiary/aromatic N) is 2. The Kier molecular flexibility index (Phi) is 4.32. The van der Waals surface area contributed by atoms with Crippen LogP contribution in [0.3, 0.4) is 0 Å². The van der Waals surface area contributed by atoms with Crippen LogP contribution in [0.1, 0.15) is 20.3 Å². The number of rotatable bonds is 2. The average molecular weight is 248 g/mol. The van der Waals surface area contributed by atoms with E-state index in [-0.39, 0.29) is 11.8 Å². The van der Waals surface area contributed by atoms with Crippen LogP contribution in [-0.2, 0) is 14.8 Å². The van der Waals surface area contributed by atoms with E-state index in [2.05, 4.69) is 0 Å². The quantitative estimate of drug-likeness (QED) is 0.698. The van der Waals surface area contributed by atoms with E-state index in [0.717, 1.165) is 0 Å². The van der Waals surface area contributed by atoms with Crippen LogP contribution >= 0.6 is 0 Å². The molecular weight excluding hydrogens is 228 g/mol. The maximum atomic E-state index is 11.8. The summed E-state index contributed by atoms with van der Waals surface area (Å²) >= 11 is 0. The summed E-state index contributed by atoms with van der Waals surface area (Å²) in [7, 11) is -3.12. The zero-order valence-electron chi connectivity index (χ0n) is 10.1. The van der Waals surface area contributed by atoms with Gasteiger partial charge in [-0.15, -0.1) is 0 Å². The number of carbonyl (C=O) groups excluding carboxylic acids is 1. The molecule has 0 bridgehead atoms. The highest BCUT2D eigenvalue weighted by Gasteiger charge is 2.24. The smallest absolute Gasteiger partial charge is 0.225 e. The zero-order chi connectivity index (χ0) is 12.3. The van der Waals surface area contributed by atoms with Crippen LogP contribution in [0.2, 0.25) is 0 Å². The van der Waals surface area contributed by atoms with E-state index < -0.39 is 10.0 Å². The van der Waals surface area contributed by atoms with Crippen molar-refractivity contribution < 1.29 is 13.2 Å². The molecule has 0 aliphatic carbocycles. The van der Waals surface area contributed by atoms with E-state index in [0.29, 0.717) is 32.6 Å². The summed E-state index contributed by atoms with van der Waals surface area (Å²) in [5.41, 5.74) is 0. The highest BCUT2D eigenvalue weighted by atomic mass is 32.2. The molecular formula is C10H20N2O3S. The normalized spacial score (nSPS) is 19.9. The zero-order valence-corrected chi connectivity index (χ0v) is 11.0. The Labute approximate surface area is 97.5 Å². The molecule has 1 heterocycles. The van der Waals surface area contributed by atoms with Crippen molar-refractivity contribution in [3.63, 3.8) is 0 Å². The number of hydrogen-bond acceptors (Lipinski definition) is 3. The minimum atomic E-state index is -3.12. The fourth-order valence-corrected chi connectivity index (χ4v) is 2.68. The third-order valence-corrected chi connectivity index (χ3v) is 4.03. The summed E-state index contributed by atoms with van der Waals surface area (Å²) in [6, 6.07) is 0. The van der Waals surface area contributed by atoms with Crippen LogP contribution in [0.4, 0.5) is 0 Å². The number of carbonyl (C=O) groups is 1. The molecule has 0 aromatic heterocycles. The molecule has 1 aliphatic rings. The van der Waals surface area contributed by atoms with Gasteiger partial charge in [0.15, 0.2) is 0 Å². The first-order valence-corrected chi connectivity index (χ1v) is 7.41. The van der Waals surface area contributed by atoms with Crippen LogP contribution in [-0.4, -0.2) is 56.0 Å². The standard InChI is InChI=1S/C10H20N2O3S/c1-9(2)10(13)11-5-4-6-12(8-7-11)16(3,14)15/h9H,4-8H2,1-3H3. The number of hydrogen-bond donors (Lipinski definition) is 0. The van der Waals surface area contributed by atoms with Crippen molar-refractivity contribution in [3.05, 3.63) is 0 Å². The minimum Gasteiger partial charge on any atom is -0.341 e. The van der Waals surface area contributed by atoms with Gasteiger partial charge in [0.05, 0.1) is 6.26 Å². The second-order valence-electron chi connectivity index (χ2n) is 4.50. The highest BCUT2D eigenvalue weighted by molar-refractivity contribution is 7.88. The first kappa shape index (κ1) is 13.4. The van der Waals surface area contributed by atoms with Crippen LogP contribution in [0, 0.1) is 5.92 Å². The second-order valence-corrected chi connectivity index (χ2v) is 6.48. The molecule has 0 atom stereocenters. The van der Waals surface area contributed by atoms with Crippen molar-refractivity contribution in [1.82, 2.24) is 9.21 Å². The van der Waals surface area contributed by atoms with Crippen LogP contribution in [0.5, 0.6) is 0 Å². The Balaban J connectivity index is 2.63. The van der Waals surface area contributed by atoms with E-state index in [4.69, 9.17) is 0 Å². The molecule has 5 nitrogen and oxygen atoms in total. The van der Waals surface area contributed by atoms with Gasteiger partial charge in [-0.1, -0.05) is 13.8 Å². The molecule has 1 saturated heterocycles. The first-order chi connectivity index (χ1) is 7.32. The van der Waals surface area contributed by atoms with E-state index in [1.807, 2.05) is 13.8 Å². The third-order valence-electron chi connectivity index (χ3n) is 2.73. The summed E-state index contributed by atoms with van der Waals surface area (Å²) in [4.78, 5) is 13.5. The molecule has 1 rings (SSSR count). The van der Waals surface area contributed by atoms with Crippen molar-refractivity contribution in [2.24, 2.45) is 5.92 Å². The van der Waals surface area contributed by atoms with Crippen molar-refractivity contribution >= 4 is 15.9 Å². The SMILES string of the molecule is CC(C)C(=O)N1CCCN(S(C)(=O)=O)CC1. The lowest BCUT2D eigenvalue weighted by Gasteiger charge is -2.22. The first-order valence-electron chi connectivity index (χ1n) is 5.56. The molecule has 1 aliphatic heterocycles. The van der Waals surface area contributed by atoms with Crippen molar-refractivity contribution in [2.45, 2.75) is 20.3 Å². The van der Waals surface area contributed by atoms with Gasteiger partial charge in [0, 0.05) is 32.1 Å². The number of sulfonamides is 1. The molecule has 6 heteroatoms. The van der Waals surface area contributed by atoms with Gasteiger partial charge in [-0.3, -0.25) is 4.79 Å². The Morgan fingerprint density at radius 1 is 1.12 bits per heavy atom. The van der Waals surface area contributed by atoms with E-state index >= 15 is 0 Å². The predicted molar refractivity (Wildman–Crippen MR) is 62.5 cm³/mol. The van der Waals surface area contributed by atoms with E-state index in [1.165, 1.54) is 10.6 Å². The van der Waals surface area contributed by atoms with Gasteiger partial charge in [0.25, 0.3) is 0 Å². The molecule has 0 saturated carbocycles.